The number of hydrogen-bond acceptors (Lipinski definition) is 3. The second-order valence-electron chi connectivity index (χ2n) is 3.73. The van der Waals surface area contributed by atoms with Gasteiger partial charge in [-0.2, -0.15) is 0 Å². The van der Waals surface area contributed by atoms with Gasteiger partial charge in [0, 0.05) is 13.0 Å². The summed E-state index contributed by atoms with van der Waals surface area (Å²) in [7, 11) is 0. The van der Waals surface area contributed by atoms with E-state index in [1.165, 1.54) is 19.3 Å². The molecule has 0 saturated heterocycles. The predicted octanol–water partition coefficient (Wildman–Crippen LogP) is 1.45. The molecular weight excluding hydrogens is 200 g/mol. The maximum absolute atomic E-state index is 5.81. The summed E-state index contributed by atoms with van der Waals surface area (Å²) >= 11 is 0. The van der Waals surface area contributed by atoms with Crippen LogP contribution in [-0.2, 0) is 13.0 Å². The van der Waals surface area contributed by atoms with Crippen LogP contribution in [0.5, 0.6) is 0 Å². The molecule has 4 nitrogen and oxygen atoms in total. The Labute approximate surface area is 90.3 Å². The Kier molecular flexibility index (Phi) is 3.89. The van der Waals surface area contributed by atoms with E-state index in [0.717, 1.165) is 24.6 Å². The highest BCUT2D eigenvalue weighted by atomic mass is 35.5. The van der Waals surface area contributed by atoms with E-state index in [-0.39, 0.29) is 18.4 Å². The molecule has 0 bridgehead atoms. The van der Waals surface area contributed by atoms with Crippen molar-refractivity contribution in [1.29, 1.82) is 0 Å². The fourth-order valence-electron chi connectivity index (χ4n) is 1.84. The third kappa shape index (κ3) is 2.07. The summed E-state index contributed by atoms with van der Waals surface area (Å²) in [5.41, 5.74) is 5.81. The Bertz CT molecular complexity index is 295. The first-order valence-corrected chi connectivity index (χ1v) is 4.96. The lowest BCUT2D eigenvalue weighted by atomic mass is 10.2. The molecule has 0 spiro atoms. The van der Waals surface area contributed by atoms with Gasteiger partial charge in [0.2, 0.25) is 0 Å². The highest BCUT2D eigenvalue weighted by Gasteiger charge is 2.16. The number of rotatable bonds is 1. The van der Waals surface area contributed by atoms with Crippen LogP contribution >= 0.6 is 12.4 Å². The van der Waals surface area contributed by atoms with Gasteiger partial charge in [0.25, 0.3) is 0 Å². The number of nitrogens with zero attached hydrogens (tertiary/aromatic N) is 3. The molecular formula is C9H17ClN4. The van der Waals surface area contributed by atoms with Gasteiger partial charge in [-0.3, -0.25) is 0 Å². The molecule has 0 fully saturated rings. The van der Waals surface area contributed by atoms with E-state index in [9.17, 15) is 0 Å². The Morgan fingerprint density at radius 3 is 2.79 bits per heavy atom. The van der Waals surface area contributed by atoms with E-state index in [2.05, 4.69) is 14.8 Å². The first-order valence-electron chi connectivity index (χ1n) is 4.96. The van der Waals surface area contributed by atoms with E-state index in [1.807, 2.05) is 6.92 Å². The molecule has 2 N–H and O–H groups in total. The van der Waals surface area contributed by atoms with Crippen molar-refractivity contribution >= 4 is 12.4 Å². The standard InChI is InChI=1S/C9H16N4.ClH/c1-7(10)9-12-11-8-5-3-2-4-6-13(8)9;/h7H,2-6,10H2,1H3;1H. The van der Waals surface area contributed by atoms with Crippen LogP contribution in [0.4, 0.5) is 0 Å². The van der Waals surface area contributed by atoms with Crippen LogP contribution in [0.2, 0.25) is 0 Å². The van der Waals surface area contributed by atoms with Gasteiger partial charge in [-0.25, -0.2) is 0 Å². The van der Waals surface area contributed by atoms with Gasteiger partial charge in [0.05, 0.1) is 6.04 Å². The first kappa shape index (κ1) is 11.5. The Morgan fingerprint density at radius 1 is 1.29 bits per heavy atom. The van der Waals surface area contributed by atoms with Crippen molar-refractivity contribution in [2.75, 3.05) is 0 Å². The fourth-order valence-corrected chi connectivity index (χ4v) is 1.84. The lowest BCUT2D eigenvalue weighted by Crippen LogP contribution is -2.14. The van der Waals surface area contributed by atoms with Gasteiger partial charge in [-0.05, 0) is 19.8 Å². The maximum Gasteiger partial charge on any atom is 0.149 e. The topological polar surface area (TPSA) is 56.7 Å². The molecule has 0 aliphatic carbocycles. The number of aromatic nitrogens is 3. The minimum atomic E-state index is -0.000602. The summed E-state index contributed by atoms with van der Waals surface area (Å²) in [6, 6.07) is -0.000602. The fraction of sp³-hybridized carbons (Fsp3) is 0.778. The monoisotopic (exact) mass is 216 g/mol. The zero-order valence-corrected chi connectivity index (χ0v) is 9.26. The van der Waals surface area contributed by atoms with Gasteiger partial charge in [-0.1, -0.05) is 6.42 Å². The smallest absolute Gasteiger partial charge is 0.149 e. The molecule has 0 saturated carbocycles. The molecule has 5 heteroatoms. The molecule has 80 valence electrons. The third-order valence-corrected chi connectivity index (χ3v) is 2.55. The molecule has 1 aromatic rings. The summed E-state index contributed by atoms with van der Waals surface area (Å²) in [6.07, 6.45) is 4.81. The predicted molar refractivity (Wildman–Crippen MR) is 57.4 cm³/mol. The summed E-state index contributed by atoms with van der Waals surface area (Å²) in [4.78, 5) is 0. The number of nitrogens with two attached hydrogens (primary N) is 1. The molecule has 2 heterocycles. The van der Waals surface area contributed by atoms with Crippen molar-refractivity contribution in [2.45, 2.75) is 45.2 Å². The number of aryl methyl sites for hydroxylation is 1. The highest BCUT2D eigenvalue weighted by molar-refractivity contribution is 5.85. The van der Waals surface area contributed by atoms with Crippen molar-refractivity contribution in [2.24, 2.45) is 5.73 Å². The molecule has 2 rings (SSSR count). The van der Waals surface area contributed by atoms with E-state index >= 15 is 0 Å². The molecule has 0 aromatic carbocycles. The van der Waals surface area contributed by atoms with E-state index in [1.54, 1.807) is 0 Å². The molecule has 1 aliphatic rings. The average molecular weight is 217 g/mol. The summed E-state index contributed by atoms with van der Waals surface area (Å²) in [6.45, 7) is 3.00. The summed E-state index contributed by atoms with van der Waals surface area (Å²) in [5.74, 6) is 2.06. The lowest BCUT2D eigenvalue weighted by Gasteiger charge is -2.08. The maximum atomic E-state index is 5.81. The van der Waals surface area contributed by atoms with Crippen LogP contribution in [-0.4, -0.2) is 14.8 Å². The zero-order valence-electron chi connectivity index (χ0n) is 8.44. The Balaban J connectivity index is 0.000000980. The summed E-state index contributed by atoms with van der Waals surface area (Å²) in [5, 5.41) is 8.30. The van der Waals surface area contributed by atoms with Gasteiger partial charge < -0.3 is 10.3 Å². The number of fused-ring (bicyclic) bond motifs is 1. The normalized spacial score (nSPS) is 17.9. The molecule has 0 radical (unpaired) electrons. The van der Waals surface area contributed by atoms with E-state index in [4.69, 9.17) is 5.73 Å². The van der Waals surface area contributed by atoms with Crippen molar-refractivity contribution in [3.63, 3.8) is 0 Å². The van der Waals surface area contributed by atoms with Crippen molar-refractivity contribution in [1.82, 2.24) is 14.8 Å². The average Bonchev–Trinajstić information content (AvgIpc) is 2.36. The molecule has 1 atom stereocenters. The van der Waals surface area contributed by atoms with E-state index in [0.29, 0.717) is 0 Å². The van der Waals surface area contributed by atoms with Crippen LogP contribution in [0.1, 0.15) is 43.9 Å². The van der Waals surface area contributed by atoms with Crippen LogP contribution in [0.15, 0.2) is 0 Å². The van der Waals surface area contributed by atoms with Crippen molar-refractivity contribution < 1.29 is 0 Å². The third-order valence-electron chi connectivity index (χ3n) is 2.55. The molecule has 1 unspecified atom stereocenters. The van der Waals surface area contributed by atoms with Crippen molar-refractivity contribution in [3.05, 3.63) is 11.6 Å². The van der Waals surface area contributed by atoms with Crippen LogP contribution in [0, 0.1) is 0 Å². The summed E-state index contributed by atoms with van der Waals surface area (Å²) < 4.78 is 2.19. The van der Waals surface area contributed by atoms with Gasteiger partial charge >= 0.3 is 0 Å². The number of hydrogen-bond donors (Lipinski definition) is 1. The quantitative estimate of drug-likeness (QED) is 0.773. The van der Waals surface area contributed by atoms with E-state index < -0.39 is 0 Å². The molecule has 1 aromatic heterocycles. The second kappa shape index (κ2) is 4.75. The molecule has 0 amide bonds. The van der Waals surface area contributed by atoms with Gasteiger partial charge in [-0.15, -0.1) is 22.6 Å². The Morgan fingerprint density at radius 2 is 2.07 bits per heavy atom. The lowest BCUT2D eigenvalue weighted by molar-refractivity contribution is 0.579. The largest absolute Gasteiger partial charge is 0.322 e. The zero-order chi connectivity index (χ0) is 9.26. The van der Waals surface area contributed by atoms with Crippen molar-refractivity contribution in [3.8, 4) is 0 Å². The SMILES string of the molecule is CC(N)c1nnc2n1CCCCC2.Cl. The van der Waals surface area contributed by atoms with Gasteiger partial charge in [0.15, 0.2) is 0 Å². The molecule has 14 heavy (non-hydrogen) atoms. The molecule has 1 aliphatic heterocycles. The first-order chi connectivity index (χ1) is 6.29. The minimum Gasteiger partial charge on any atom is -0.322 e. The highest BCUT2D eigenvalue weighted by Crippen LogP contribution is 2.16. The van der Waals surface area contributed by atoms with Gasteiger partial charge in [0.1, 0.15) is 11.6 Å². The minimum absolute atomic E-state index is 0. The van der Waals surface area contributed by atoms with Crippen LogP contribution in [0.3, 0.4) is 0 Å². The van der Waals surface area contributed by atoms with Crippen LogP contribution < -0.4 is 5.73 Å². The number of halogens is 1. The van der Waals surface area contributed by atoms with Crippen LogP contribution in [0.25, 0.3) is 0 Å². The second-order valence-corrected chi connectivity index (χ2v) is 3.73. The Hall–Kier alpha value is -0.610.